The third kappa shape index (κ3) is 5.03. The van der Waals surface area contributed by atoms with E-state index in [1.54, 1.807) is 19.1 Å². The number of benzene rings is 3. The summed E-state index contributed by atoms with van der Waals surface area (Å²) >= 11 is 0. The number of rotatable bonds is 6. The van der Waals surface area contributed by atoms with E-state index in [9.17, 15) is 8.78 Å². The summed E-state index contributed by atoms with van der Waals surface area (Å²) in [6.45, 7) is 4.10. The third-order valence-electron chi connectivity index (χ3n) is 6.56. The first-order valence-electron chi connectivity index (χ1n) is 11.9. The molecule has 35 heavy (non-hydrogen) atoms. The summed E-state index contributed by atoms with van der Waals surface area (Å²) in [6, 6.07) is 9.16. The molecule has 0 bridgehead atoms. The molecule has 0 amide bonds. The minimum absolute atomic E-state index is 0.131. The van der Waals surface area contributed by atoms with Crippen LogP contribution in [0.2, 0.25) is 0 Å². The molecule has 0 aromatic heterocycles. The number of allylic oxidation sites excluding steroid dienone is 1. The van der Waals surface area contributed by atoms with Crippen LogP contribution >= 0.6 is 0 Å². The molecule has 0 aliphatic carbocycles. The van der Waals surface area contributed by atoms with Crippen LogP contribution in [0.1, 0.15) is 56.6 Å². The van der Waals surface area contributed by atoms with Gasteiger partial charge in [0.15, 0.2) is 23.3 Å². The Morgan fingerprint density at radius 2 is 1.49 bits per heavy atom. The highest BCUT2D eigenvalue weighted by atomic mass is 19.2. The van der Waals surface area contributed by atoms with Crippen molar-refractivity contribution in [1.82, 2.24) is 0 Å². The van der Waals surface area contributed by atoms with E-state index in [0.29, 0.717) is 18.6 Å². The lowest BCUT2D eigenvalue weighted by atomic mass is 9.88. The van der Waals surface area contributed by atoms with Gasteiger partial charge < -0.3 is 4.74 Å². The Hall–Kier alpha value is -2.99. The van der Waals surface area contributed by atoms with Gasteiger partial charge in [-0.15, -0.1) is 0 Å². The Morgan fingerprint density at radius 1 is 0.829 bits per heavy atom. The van der Waals surface area contributed by atoms with Gasteiger partial charge >= 0.3 is 0 Å². The average Bonchev–Trinajstić information content (AvgIpc) is 2.85. The fourth-order valence-electron chi connectivity index (χ4n) is 4.68. The topological polar surface area (TPSA) is 9.23 Å². The minimum atomic E-state index is -1.32. The van der Waals surface area contributed by atoms with E-state index in [4.69, 9.17) is 4.74 Å². The van der Waals surface area contributed by atoms with Gasteiger partial charge in [0.05, 0.1) is 12.7 Å². The van der Waals surface area contributed by atoms with Crippen molar-refractivity contribution in [2.24, 2.45) is 0 Å². The van der Waals surface area contributed by atoms with Crippen molar-refractivity contribution in [1.29, 1.82) is 0 Å². The second-order valence-electron chi connectivity index (χ2n) is 8.87. The lowest BCUT2D eigenvalue weighted by Gasteiger charge is -2.29. The zero-order valence-corrected chi connectivity index (χ0v) is 19.7. The molecule has 4 rings (SSSR count). The second kappa shape index (κ2) is 10.7. The Labute approximate surface area is 202 Å². The smallest absolute Gasteiger partial charge is 0.167 e. The molecular formula is C29H27F5O. The summed E-state index contributed by atoms with van der Waals surface area (Å²) in [5.41, 5.74) is -0.311. The molecule has 3 aromatic rings. The predicted molar refractivity (Wildman–Crippen MR) is 128 cm³/mol. The first-order chi connectivity index (χ1) is 16.8. The molecule has 1 aliphatic rings. The van der Waals surface area contributed by atoms with Crippen LogP contribution < -0.4 is 0 Å². The Bertz CT molecular complexity index is 1240. The summed E-state index contributed by atoms with van der Waals surface area (Å²) in [4.78, 5) is 0. The largest absolute Gasteiger partial charge is 0.378 e. The number of hydrogen-bond acceptors (Lipinski definition) is 1. The van der Waals surface area contributed by atoms with E-state index in [-0.39, 0.29) is 34.3 Å². The van der Waals surface area contributed by atoms with Gasteiger partial charge in [0.25, 0.3) is 0 Å². The molecule has 1 nitrogen and oxygen atoms in total. The fourth-order valence-corrected chi connectivity index (χ4v) is 4.68. The van der Waals surface area contributed by atoms with Crippen LogP contribution in [0.15, 0.2) is 48.5 Å². The van der Waals surface area contributed by atoms with Gasteiger partial charge in [-0.05, 0) is 43.4 Å². The van der Waals surface area contributed by atoms with E-state index in [1.807, 2.05) is 0 Å². The summed E-state index contributed by atoms with van der Waals surface area (Å²) in [6.07, 6.45) is 6.70. The molecule has 1 aliphatic heterocycles. The van der Waals surface area contributed by atoms with Crippen molar-refractivity contribution >= 4 is 6.08 Å². The molecular weight excluding hydrogens is 459 g/mol. The first kappa shape index (κ1) is 25.1. The molecule has 1 saturated heterocycles. The van der Waals surface area contributed by atoms with Crippen molar-refractivity contribution in [3.63, 3.8) is 0 Å². The fraction of sp³-hybridized carbons (Fsp3) is 0.310. The maximum atomic E-state index is 15.0. The Kier molecular flexibility index (Phi) is 7.70. The molecule has 1 fully saturated rings. The van der Waals surface area contributed by atoms with Crippen LogP contribution in [0.25, 0.3) is 28.3 Å². The summed E-state index contributed by atoms with van der Waals surface area (Å²) < 4.78 is 80.1. The molecule has 0 N–H and O–H groups in total. The standard InChI is InChI=1S/C29H27F5O/c1-3-5-17-7-8-18(15-25(17)30)21-11-13-23(28(33)26(21)31)24-14-12-22(27(32)29(24)34)19-9-10-20(6-4-2)35-16-19/h3,5,7-8,11-15,19-20H,4,6,9-10,16H2,1-2H3/b5-3+. The zero-order valence-electron chi connectivity index (χ0n) is 19.7. The monoisotopic (exact) mass is 486 g/mol. The van der Waals surface area contributed by atoms with Crippen LogP contribution in [-0.2, 0) is 4.74 Å². The van der Waals surface area contributed by atoms with Gasteiger partial charge in [0.2, 0.25) is 0 Å². The third-order valence-corrected chi connectivity index (χ3v) is 6.56. The minimum Gasteiger partial charge on any atom is -0.378 e. The number of halogens is 5. The van der Waals surface area contributed by atoms with Gasteiger partial charge in [0, 0.05) is 28.2 Å². The van der Waals surface area contributed by atoms with E-state index in [2.05, 4.69) is 6.92 Å². The Balaban J connectivity index is 1.64. The highest BCUT2D eigenvalue weighted by molar-refractivity contribution is 5.73. The van der Waals surface area contributed by atoms with E-state index < -0.39 is 34.6 Å². The van der Waals surface area contributed by atoms with Crippen molar-refractivity contribution in [2.45, 2.75) is 51.6 Å². The summed E-state index contributed by atoms with van der Waals surface area (Å²) in [5.74, 6) is -5.76. The number of hydrogen-bond donors (Lipinski definition) is 0. The lowest BCUT2D eigenvalue weighted by molar-refractivity contribution is -0.00181. The first-order valence-corrected chi connectivity index (χ1v) is 11.9. The molecule has 0 saturated carbocycles. The van der Waals surface area contributed by atoms with Gasteiger partial charge in [-0.2, -0.15) is 0 Å². The highest BCUT2D eigenvalue weighted by Crippen LogP contribution is 2.37. The van der Waals surface area contributed by atoms with Crippen LogP contribution in [0.4, 0.5) is 22.0 Å². The molecule has 1 heterocycles. The van der Waals surface area contributed by atoms with Crippen molar-refractivity contribution in [3.8, 4) is 22.3 Å². The Morgan fingerprint density at radius 3 is 2.11 bits per heavy atom. The molecule has 6 heteroatoms. The van der Waals surface area contributed by atoms with Crippen LogP contribution in [0.5, 0.6) is 0 Å². The molecule has 2 unspecified atom stereocenters. The quantitative estimate of drug-likeness (QED) is 0.316. The number of ether oxygens (including phenoxy) is 1. The van der Waals surface area contributed by atoms with Gasteiger partial charge in [-0.1, -0.05) is 61.9 Å². The van der Waals surface area contributed by atoms with E-state index in [1.165, 1.54) is 36.4 Å². The highest BCUT2D eigenvalue weighted by Gasteiger charge is 2.28. The second-order valence-corrected chi connectivity index (χ2v) is 8.87. The maximum absolute atomic E-state index is 15.0. The van der Waals surface area contributed by atoms with Gasteiger partial charge in [-0.25, -0.2) is 22.0 Å². The zero-order chi connectivity index (χ0) is 25.1. The summed E-state index contributed by atoms with van der Waals surface area (Å²) in [5, 5.41) is 0. The van der Waals surface area contributed by atoms with Gasteiger partial charge in [0.1, 0.15) is 5.82 Å². The van der Waals surface area contributed by atoms with Gasteiger partial charge in [-0.3, -0.25) is 0 Å². The normalized spacial score (nSPS) is 18.4. The molecule has 2 atom stereocenters. The molecule has 0 radical (unpaired) electrons. The maximum Gasteiger partial charge on any atom is 0.167 e. The van der Waals surface area contributed by atoms with Crippen LogP contribution in [-0.4, -0.2) is 12.7 Å². The van der Waals surface area contributed by atoms with Crippen LogP contribution in [0.3, 0.4) is 0 Å². The molecule has 184 valence electrons. The van der Waals surface area contributed by atoms with Crippen molar-refractivity contribution in [3.05, 3.63) is 88.8 Å². The average molecular weight is 487 g/mol. The molecule has 0 spiro atoms. The van der Waals surface area contributed by atoms with Crippen molar-refractivity contribution in [2.75, 3.05) is 6.61 Å². The van der Waals surface area contributed by atoms with Crippen LogP contribution in [0, 0.1) is 29.1 Å². The van der Waals surface area contributed by atoms with E-state index in [0.717, 1.165) is 25.3 Å². The lowest BCUT2D eigenvalue weighted by Crippen LogP contribution is -2.25. The van der Waals surface area contributed by atoms with Crippen molar-refractivity contribution < 1.29 is 26.7 Å². The van der Waals surface area contributed by atoms with E-state index >= 15 is 13.2 Å². The predicted octanol–water partition coefficient (Wildman–Crippen LogP) is 8.81. The summed E-state index contributed by atoms with van der Waals surface area (Å²) in [7, 11) is 0. The SMILES string of the molecule is C/C=C/c1ccc(-c2ccc(-c3ccc(C4CCC(CCC)OC4)c(F)c3F)c(F)c2F)cc1F. The molecule has 3 aromatic carbocycles.